The van der Waals surface area contributed by atoms with Crippen molar-refractivity contribution in [2.75, 3.05) is 13.6 Å². The minimum Gasteiger partial charge on any atom is -0.507 e. The molecule has 0 spiro atoms. The lowest BCUT2D eigenvalue weighted by Crippen LogP contribution is -2.33. The van der Waals surface area contributed by atoms with Crippen molar-refractivity contribution < 1.29 is 27.9 Å². The van der Waals surface area contributed by atoms with Crippen LogP contribution in [0.1, 0.15) is 26.3 Å². The number of hydrogen-bond donors (Lipinski definition) is 2. The van der Waals surface area contributed by atoms with Crippen LogP contribution in [0.15, 0.2) is 46.9 Å². The number of benzene rings is 2. The fourth-order valence-corrected chi connectivity index (χ4v) is 2.64. The van der Waals surface area contributed by atoms with Crippen LogP contribution in [-0.4, -0.2) is 41.6 Å². The third kappa shape index (κ3) is 5.99. The molecule has 2 rings (SSSR count). The minimum absolute atomic E-state index is 0.0848. The van der Waals surface area contributed by atoms with Gasteiger partial charge in [0.15, 0.2) is 0 Å². The normalized spacial score (nSPS) is 11.1. The number of halogens is 4. The molecule has 0 saturated heterocycles. The Morgan fingerprint density at radius 3 is 2.37 bits per heavy atom. The van der Waals surface area contributed by atoms with Gasteiger partial charge in [0.05, 0.1) is 5.56 Å². The van der Waals surface area contributed by atoms with E-state index in [0.717, 1.165) is 0 Å². The molecule has 0 aliphatic rings. The average molecular weight is 445 g/mol. The van der Waals surface area contributed by atoms with Crippen molar-refractivity contribution in [3.8, 4) is 5.75 Å². The summed E-state index contributed by atoms with van der Waals surface area (Å²) in [6.45, 7) is -1.21. The highest BCUT2D eigenvalue weighted by Crippen LogP contribution is 2.23. The Hall–Kier alpha value is -2.55. The third-order valence-electron chi connectivity index (χ3n) is 3.62. The van der Waals surface area contributed by atoms with E-state index in [1.54, 1.807) is 30.6 Å². The highest BCUT2D eigenvalue weighted by Gasteiger charge is 2.27. The quantitative estimate of drug-likeness (QED) is 0.738. The number of amides is 2. The molecule has 0 heterocycles. The Kier molecular flexibility index (Phi) is 6.48. The molecule has 2 aromatic rings. The Morgan fingerprint density at radius 2 is 1.78 bits per heavy atom. The monoisotopic (exact) mass is 444 g/mol. The van der Waals surface area contributed by atoms with Crippen molar-refractivity contribution in [2.24, 2.45) is 0 Å². The minimum atomic E-state index is -4.48. The number of alkyl halides is 3. The van der Waals surface area contributed by atoms with Crippen LogP contribution >= 0.6 is 15.9 Å². The lowest BCUT2D eigenvalue weighted by Gasteiger charge is -2.18. The van der Waals surface area contributed by atoms with Gasteiger partial charge in [-0.25, -0.2) is 0 Å². The van der Waals surface area contributed by atoms with Crippen LogP contribution < -0.4 is 5.32 Å². The van der Waals surface area contributed by atoms with Crippen molar-refractivity contribution in [3.05, 3.63) is 63.6 Å². The molecule has 144 valence electrons. The van der Waals surface area contributed by atoms with E-state index in [4.69, 9.17) is 0 Å². The highest BCUT2D eigenvalue weighted by atomic mass is 79.9. The largest absolute Gasteiger partial charge is 0.507 e. The summed E-state index contributed by atoms with van der Waals surface area (Å²) < 4.78 is 37.1. The van der Waals surface area contributed by atoms with Crippen LogP contribution in [-0.2, 0) is 6.54 Å². The second kappa shape index (κ2) is 8.43. The van der Waals surface area contributed by atoms with Gasteiger partial charge in [-0.15, -0.1) is 0 Å². The predicted molar refractivity (Wildman–Crippen MR) is 96.4 cm³/mol. The number of carbonyl (C=O) groups excluding carboxylic acids is 2. The van der Waals surface area contributed by atoms with Crippen LogP contribution in [0.5, 0.6) is 5.75 Å². The van der Waals surface area contributed by atoms with Gasteiger partial charge in [0.1, 0.15) is 12.3 Å². The molecule has 2 N–H and O–H groups in total. The molecule has 2 amide bonds. The molecule has 0 radical (unpaired) electrons. The van der Waals surface area contributed by atoms with E-state index in [2.05, 4.69) is 15.9 Å². The van der Waals surface area contributed by atoms with Gasteiger partial charge in [0, 0.05) is 23.6 Å². The number of phenols is 1. The number of rotatable bonds is 5. The van der Waals surface area contributed by atoms with E-state index in [-0.39, 0.29) is 23.4 Å². The topological polar surface area (TPSA) is 69.6 Å². The molecule has 0 bridgehead atoms. The summed E-state index contributed by atoms with van der Waals surface area (Å²) >= 11 is 3.24. The Labute approximate surface area is 161 Å². The zero-order chi connectivity index (χ0) is 20.2. The Bertz CT molecular complexity index is 839. The third-order valence-corrected chi connectivity index (χ3v) is 4.11. The zero-order valence-electron chi connectivity index (χ0n) is 14.2. The lowest BCUT2D eigenvalue weighted by molar-refractivity contribution is -0.123. The summed E-state index contributed by atoms with van der Waals surface area (Å²) in [4.78, 5) is 25.5. The number of nitrogens with zero attached hydrogens (tertiary/aromatic N) is 1. The molecular weight excluding hydrogens is 429 g/mol. The average Bonchev–Trinajstić information content (AvgIpc) is 2.61. The maximum absolute atomic E-state index is 12.5. The van der Waals surface area contributed by atoms with Gasteiger partial charge in [-0.05, 0) is 35.9 Å². The molecule has 0 aromatic heterocycles. The van der Waals surface area contributed by atoms with Crippen LogP contribution in [0.25, 0.3) is 0 Å². The van der Waals surface area contributed by atoms with Crippen LogP contribution in [0.4, 0.5) is 13.2 Å². The lowest BCUT2D eigenvalue weighted by atomic mass is 10.1. The van der Waals surface area contributed by atoms with Crippen LogP contribution in [0.3, 0.4) is 0 Å². The molecule has 27 heavy (non-hydrogen) atoms. The zero-order valence-corrected chi connectivity index (χ0v) is 15.8. The van der Waals surface area contributed by atoms with E-state index < -0.39 is 24.5 Å². The summed E-state index contributed by atoms with van der Waals surface area (Å²) in [7, 11) is 1.55. The molecule has 0 saturated carbocycles. The number of nitrogens with one attached hydrogen (secondary N) is 1. The standard InChI is InChI=1S/C18H16BrF3N2O3/c1-24(17(27)14-8-13(19)6-7-15(14)25)9-11-2-4-12(5-3-11)16(26)23-10-18(20,21)22/h2-8,25H,9-10H2,1H3,(H,23,26). The Morgan fingerprint density at radius 1 is 1.15 bits per heavy atom. The maximum atomic E-state index is 12.5. The predicted octanol–water partition coefficient (Wildman–Crippen LogP) is 3.72. The number of phenolic OH excluding ortho intramolecular Hbond substituents is 1. The fourth-order valence-electron chi connectivity index (χ4n) is 2.27. The van der Waals surface area contributed by atoms with Crippen molar-refractivity contribution >= 4 is 27.7 Å². The summed E-state index contributed by atoms with van der Waals surface area (Å²) in [6.07, 6.45) is -4.48. The van der Waals surface area contributed by atoms with Crippen molar-refractivity contribution in [3.63, 3.8) is 0 Å². The van der Waals surface area contributed by atoms with E-state index in [9.17, 15) is 27.9 Å². The van der Waals surface area contributed by atoms with Gasteiger partial charge < -0.3 is 15.3 Å². The van der Waals surface area contributed by atoms with Crippen molar-refractivity contribution in [1.82, 2.24) is 10.2 Å². The molecule has 2 aromatic carbocycles. The van der Waals surface area contributed by atoms with Gasteiger partial charge in [0.2, 0.25) is 0 Å². The second-order valence-electron chi connectivity index (χ2n) is 5.82. The van der Waals surface area contributed by atoms with Gasteiger partial charge in [0.25, 0.3) is 11.8 Å². The van der Waals surface area contributed by atoms with Crippen LogP contribution in [0, 0.1) is 0 Å². The van der Waals surface area contributed by atoms with E-state index in [0.29, 0.717) is 10.0 Å². The summed E-state index contributed by atoms with van der Waals surface area (Å²) in [5.41, 5.74) is 0.893. The second-order valence-corrected chi connectivity index (χ2v) is 6.73. The first kappa shape index (κ1) is 20.8. The Balaban J connectivity index is 2.02. The molecule has 0 aliphatic heterocycles. The van der Waals surface area contributed by atoms with Crippen molar-refractivity contribution in [2.45, 2.75) is 12.7 Å². The number of aromatic hydroxyl groups is 1. The van der Waals surface area contributed by atoms with E-state index >= 15 is 0 Å². The first-order chi connectivity index (χ1) is 12.6. The van der Waals surface area contributed by atoms with E-state index in [1.807, 2.05) is 0 Å². The molecular formula is C18H16BrF3N2O3. The number of hydrogen-bond acceptors (Lipinski definition) is 3. The van der Waals surface area contributed by atoms with Gasteiger partial charge >= 0.3 is 6.18 Å². The fraction of sp³-hybridized carbons (Fsp3) is 0.222. The molecule has 0 atom stereocenters. The molecule has 0 aliphatic carbocycles. The first-order valence-corrected chi connectivity index (χ1v) is 8.54. The van der Waals surface area contributed by atoms with Crippen molar-refractivity contribution in [1.29, 1.82) is 0 Å². The van der Waals surface area contributed by atoms with Gasteiger partial charge in [-0.1, -0.05) is 28.1 Å². The molecule has 9 heteroatoms. The van der Waals surface area contributed by atoms with Gasteiger partial charge in [-0.2, -0.15) is 13.2 Å². The maximum Gasteiger partial charge on any atom is 0.405 e. The van der Waals surface area contributed by atoms with E-state index in [1.165, 1.54) is 29.2 Å². The summed E-state index contributed by atoms with van der Waals surface area (Å²) in [6, 6.07) is 10.4. The summed E-state index contributed by atoms with van der Waals surface area (Å²) in [5, 5.41) is 11.6. The molecule has 5 nitrogen and oxygen atoms in total. The summed E-state index contributed by atoms with van der Waals surface area (Å²) in [5.74, 6) is -1.38. The van der Waals surface area contributed by atoms with Crippen LogP contribution in [0.2, 0.25) is 0 Å². The first-order valence-electron chi connectivity index (χ1n) is 7.74. The molecule has 0 fully saturated rings. The van der Waals surface area contributed by atoms with Gasteiger partial charge in [-0.3, -0.25) is 9.59 Å². The highest BCUT2D eigenvalue weighted by molar-refractivity contribution is 9.10. The molecule has 0 unspecified atom stereocenters. The number of carbonyl (C=O) groups is 2. The smallest absolute Gasteiger partial charge is 0.405 e. The SMILES string of the molecule is CN(Cc1ccc(C(=O)NCC(F)(F)F)cc1)C(=O)c1cc(Br)ccc1O.